The summed E-state index contributed by atoms with van der Waals surface area (Å²) in [7, 11) is 0. The fraction of sp³-hybridized carbons (Fsp3) is 0.312. The maximum Gasteiger partial charge on any atom is 0.193 e. The average molecular weight is 517 g/mol. The summed E-state index contributed by atoms with van der Waals surface area (Å²) in [6.45, 7) is 8.99. The molecule has 0 unspecified atom stereocenters. The first-order valence-electron chi connectivity index (χ1n) is 12.8. The first-order chi connectivity index (χ1) is 18.6. The van der Waals surface area contributed by atoms with Crippen molar-refractivity contribution in [2.24, 2.45) is 0 Å². The van der Waals surface area contributed by atoms with E-state index >= 15 is 0 Å². The van der Waals surface area contributed by atoms with E-state index in [1.807, 2.05) is 91.0 Å². The molecule has 1 aliphatic rings. The number of benzene rings is 3. The van der Waals surface area contributed by atoms with E-state index in [1.54, 1.807) is 6.08 Å². The molecule has 1 heterocycles. The van der Waals surface area contributed by atoms with Gasteiger partial charge in [-0.05, 0) is 16.7 Å². The van der Waals surface area contributed by atoms with Gasteiger partial charge in [-0.1, -0.05) is 110 Å². The Morgan fingerprint density at radius 3 is 1.79 bits per heavy atom. The molecule has 3 aromatic carbocycles. The van der Waals surface area contributed by atoms with Gasteiger partial charge in [-0.15, -0.1) is 6.58 Å². The van der Waals surface area contributed by atoms with Crippen molar-refractivity contribution in [3.8, 4) is 0 Å². The second-order valence-corrected chi connectivity index (χ2v) is 9.20. The molecule has 1 aliphatic heterocycles. The highest BCUT2D eigenvalue weighted by Crippen LogP contribution is 2.36. The van der Waals surface area contributed by atoms with Crippen molar-refractivity contribution < 1.29 is 28.8 Å². The Morgan fingerprint density at radius 2 is 1.26 bits per heavy atom. The molecule has 4 rings (SSSR count). The van der Waals surface area contributed by atoms with Crippen LogP contribution in [0.2, 0.25) is 0 Å². The van der Waals surface area contributed by atoms with Gasteiger partial charge < -0.3 is 28.8 Å². The lowest BCUT2D eigenvalue weighted by atomic mass is 9.86. The van der Waals surface area contributed by atoms with Crippen LogP contribution in [0.25, 0.3) is 0 Å². The molecule has 6 nitrogen and oxygen atoms in total. The van der Waals surface area contributed by atoms with Crippen molar-refractivity contribution >= 4 is 0 Å². The molecule has 1 N–H and O–H groups in total. The van der Waals surface area contributed by atoms with Gasteiger partial charge in [0.1, 0.15) is 18.3 Å². The van der Waals surface area contributed by atoms with Gasteiger partial charge in [0.2, 0.25) is 0 Å². The molecule has 1 fully saturated rings. The van der Waals surface area contributed by atoms with E-state index in [9.17, 15) is 5.11 Å². The lowest BCUT2D eigenvalue weighted by Crippen LogP contribution is -2.67. The third kappa shape index (κ3) is 7.26. The second kappa shape index (κ2) is 14.2. The van der Waals surface area contributed by atoms with Gasteiger partial charge in [0, 0.05) is 0 Å². The highest BCUT2D eigenvalue weighted by Gasteiger charge is 2.56. The summed E-state index contributed by atoms with van der Waals surface area (Å²) < 4.78 is 31.0. The van der Waals surface area contributed by atoms with E-state index in [-0.39, 0.29) is 19.8 Å². The highest BCUT2D eigenvalue weighted by atomic mass is 16.7. The lowest BCUT2D eigenvalue weighted by Gasteiger charge is -2.49. The van der Waals surface area contributed by atoms with E-state index < -0.39 is 30.2 Å². The van der Waals surface area contributed by atoms with Gasteiger partial charge in [-0.3, -0.25) is 0 Å². The topological polar surface area (TPSA) is 66.4 Å². The largest absolute Gasteiger partial charge is 0.378 e. The molecule has 0 bridgehead atoms. The van der Waals surface area contributed by atoms with Crippen LogP contribution in [0.1, 0.15) is 16.7 Å². The summed E-state index contributed by atoms with van der Waals surface area (Å²) in [4.78, 5) is 0. The van der Waals surface area contributed by atoms with Gasteiger partial charge in [0.05, 0.1) is 33.0 Å². The third-order valence-electron chi connectivity index (χ3n) is 6.44. The van der Waals surface area contributed by atoms with Gasteiger partial charge in [0.25, 0.3) is 0 Å². The van der Waals surface area contributed by atoms with Crippen LogP contribution in [-0.2, 0) is 43.5 Å². The molecular weight excluding hydrogens is 480 g/mol. The monoisotopic (exact) mass is 516 g/mol. The Hall–Kier alpha value is -3.10. The highest BCUT2D eigenvalue weighted by molar-refractivity contribution is 5.17. The zero-order valence-corrected chi connectivity index (χ0v) is 21.6. The van der Waals surface area contributed by atoms with Crippen molar-refractivity contribution in [1.29, 1.82) is 0 Å². The molecule has 0 saturated carbocycles. The Kier molecular flexibility index (Phi) is 10.4. The van der Waals surface area contributed by atoms with E-state index in [4.69, 9.17) is 23.7 Å². The minimum atomic E-state index is -1.69. The van der Waals surface area contributed by atoms with Crippen LogP contribution in [0, 0.1) is 0 Å². The molecule has 0 spiro atoms. The quantitative estimate of drug-likeness (QED) is 0.297. The predicted octanol–water partition coefficient (Wildman–Crippen LogP) is 5.22. The average Bonchev–Trinajstić information content (AvgIpc) is 2.97. The normalized spacial score (nSPS) is 25.1. The van der Waals surface area contributed by atoms with E-state index in [0.29, 0.717) is 13.2 Å². The molecule has 0 aliphatic carbocycles. The number of hydrogen-bond acceptors (Lipinski definition) is 6. The summed E-state index contributed by atoms with van der Waals surface area (Å²) in [6.07, 6.45) is -0.153. The van der Waals surface area contributed by atoms with Gasteiger partial charge in [-0.2, -0.15) is 0 Å². The molecule has 3 aromatic rings. The number of rotatable bonds is 14. The fourth-order valence-electron chi connectivity index (χ4n) is 4.43. The van der Waals surface area contributed by atoms with Crippen molar-refractivity contribution in [3.63, 3.8) is 0 Å². The van der Waals surface area contributed by atoms with Crippen LogP contribution in [-0.4, -0.2) is 48.5 Å². The van der Waals surface area contributed by atoms with Crippen molar-refractivity contribution in [3.05, 3.63) is 133 Å². The zero-order valence-electron chi connectivity index (χ0n) is 21.6. The first kappa shape index (κ1) is 27.9. The van der Waals surface area contributed by atoms with E-state index in [2.05, 4.69) is 13.2 Å². The molecule has 200 valence electrons. The SMILES string of the molecule is C=CCO[C@@H]1O[C@H](COCc2ccccc2)[C@@H](OCc2ccccc2)[C@H](OCc2ccccc2)[C@@]1(O)C=C. The van der Waals surface area contributed by atoms with Crippen molar-refractivity contribution in [2.75, 3.05) is 13.2 Å². The minimum absolute atomic E-state index is 0.180. The molecule has 38 heavy (non-hydrogen) atoms. The lowest BCUT2D eigenvalue weighted by molar-refractivity contribution is -0.341. The van der Waals surface area contributed by atoms with Crippen LogP contribution in [0.3, 0.4) is 0 Å². The maximum atomic E-state index is 11.8. The molecule has 0 aromatic heterocycles. The Morgan fingerprint density at radius 1 is 0.737 bits per heavy atom. The van der Waals surface area contributed by atoms with Crippen LogP contribution in [0.5, 0.6) is 0 Å². The summed E-state index contributed by atoms with van der Waals surface area (Å²) >= 11 is 0. The molecule has 0 radical (unpaired) electrons. The molecule has 0 amide bonds. The number of hydrogen-bond donors (Lipinski definition) is 1. The standard InChI is InChI=1S/C32H36O6/c1-3-20-35-31-32(33,4-2)30(37-23-27-18-12-7-13-19-27)29(36-22-26-16-10-6-11-17-26)28(38-31)24-34-21-25-14-8-5-9-15-25/h3-19,28-31,33H,1-2,20-24H2/t28-,29-,30+,31-,32+/m1/s1. The van der Waals surface area contributed by atoms with Crippen molar-refractivity contribution in [1.82, 2.24) is 0 Å². The second-order valence-electron chi connectivity index (χ2n) is 9.20. The molecular formula is C32H36O6. The Labute approximate surface area is 225 Å². The molecule has 5 atom stereocenters. The van der Waals surface area contributed by atoms with Crippen LogP contribution in [0.4, 0.5) is 0 Å². The van der Waals surface area contributed by atoms with Gasteiger partial charge in [0.15, 0.2) is 11.9 Å². The fourth-order valence-corrected chi connectivity index (χ4v) is 4.43. The van der Waals surface area contributed by atoms with E-state index in [0.717, 1.165) is 16.7 Å². The van der Waals surface area contributed by atoms with Crippen LogP contribution in [0.15, 0.2) is 116 Å². The summed E-state index contributed by atoms with van der Waals surface area (Å²) in [5, 5.41) is 11.8. The first-order valence-corrected chi connectivity index (χ1v) is 12.8. The zero-order chi connectivity index (χ0) is 26.6. The third-order valence-corrected chi connectivity index (χ3v) is 6.44. The number of aliphatic hydroxyl groups is 1. The van der Waals surface area contributed by atoms with Gasteiger partial charge in [-0.25, -0.2) is 0 Å². The van der Waals surface area contributed by atoms with Crippen molar-refractivity contribution in [2.45, 2.75) is 50.0 Å². The predicted molar refractivity (Wildman–Crippen MR) is 146 cm³/mol. The smallest absolute Gasteiger partial charge is 0.193 e. The maximum absolute atomic E-state index is 11.8. The summed E-state index contributed by atoms with van der Waals surface area (Å²) in [5.74, 6) is 0. The minimum Gasteiger partial charge on any atom is -0.378 e. The molecule has 6 heteroatoms. The Balaban J connectivity index is 1.59. The van der Waals surface area contributed by atoms with E-state index in [1.165, 1.54) is 6.08 Å². The summed E-state index contributed by atoms with van der Waals surface area (Å²) in [6, 6.07) is 29.5. The summed E-state index contributed by atoms with van der Waals surface area (Å²) in [5.41, 5.74) is 1.32. The van der Waals surface area contributed by atoms with Crippen LogP contribution >= 0.6 is 0 Å². The Bertz CT molecular complexity index is 1110. The molecule has 1 saturated heterocycles. The van der Waals surface area contributed by atoms with Crippen LogP contribution < -0.4 is 0 Å². The number of ether oxygens (including phenoxy) is 5. The van der Waals surface area contributed by atoms with Gasteiger partial charge >= 0.3 is 0 Å².